The molecular weight excluding hydrogens is 351 g/mol. The van der Waals surface area contributed by atoms with Crippen molar-refractivity contribution in [3.05, 3.63) is 16.1 Å². The van der Waals surface area contributed by atoms with Crippen LogP contribution in [-0.2, 0) is 12.6 Å². The molecule has 9 heteroatoms. The van der Waals surface area contributed by atoms with Crippen molar-refractivity contribution in [3.8, 4) is 0 Å². The van der Waals surface area contributed by atoms with Crippen molar-refractivity contribution in [1.82, 2.24) is 20.5 Å². The minimum absolute atomic E-state index is 0.385. The Labute approximate surface area is 150 Å². The van der Waals surface area contributed by atoms with E-state index in [1.807, 2.05) is 0 Å². The topological polar surface area (TPSA) is 52.5 Å². The fourth-order valence-electron chi connectivity index (χ4n) is 2.85. The molecule has 1 aliphatic rings. The van der Waals surface area contributed by atoms with Gasteiger partial charge in [0.25, 0.3) is 0 Å². The summed E-state index contributed by atoms with van der Waals surface area (Å²) in [6, 6.07) is 0.385. The van der Waals surface area contributed by atoms with Gasteiger partial charge in [-0.05, 0) is 25.8 Å². The van der Waals surface area contributed by atoms with Crippen LogP contribution < -0.4 is 10.6 Å². The zero-order chi connectivity index (χ0) is 18.3. The highest BCUT2D eigenvalue weighted by Gasteiger charge is 2.33. The van der Waals surface area contributed by atoms with E-state index in [9.17, 15) is 13.2 Å². The Morgan fingerprint density at radius 2 is 2.12 bits per heavy atom. The zero-order valence-corrected chi connectivity index (χ0v) is 15.5. The molecule has 25 heavy (non-hydrogen) atoms. The zero-order valence-electron chi connectivity index (χ0n) is 14.7. The summed E-state index contributed by atoms with van der Waals surface area (Å²) in [5.41, 5.74) is -0.811. The average Bonchev–Trinajstić information content (AvgIpc) is 3.05. The molecule has 2 heterocycles. The molecule has 0 bridgehead atoms. The predicted molar refractivity (Wildman–Crippen MR) is 95.1 cm³/mol. The highest BCUT2D eigenvalue weighted by atomic mass is 32.1. The predicted octanol–water partition coefficient (Wildman–Crippen LogP) is 2.74. The minimum Gasteiger partial charge on any atom is -0.356 e. The van der Waals surface area contributed by atoms with E-state index in [0.717, 1.165) is 49.2 Å². The molecule has 0 saturated carbocycles. The highest BCUT2D eigenvalue weighted by Crippen LogP contribution is 2.29. The van der Waals surface area contributed by atoms with Crippen LogP contribution in [0.1, 0.15) is 36.9 Å². The summed E-state index contributed by atoms with van der Waals surface area (Å²) in [4.78, 5) is 10.3. The van der Waals surface area contributed by atoms with Crippen molar-refractivity contribution < 1.29 is 13.2 Å². The van der Waals surface area contributed by atoms with Crippen LogP contribution in [0.2, 0.25) is 0 Å². The van der Waals surface area contributed by atoms with Gasteiger partial charge in [-0.3, -0.25) is 4.99 Å². The first-order chi connectivity index (χ1) is 11.9. The van der Waals surface area contributed by atoms with E-state index in [0.29, 0.717) is 30.0 Å². The molecule has 1 saturated heterocycles. The third-order valence-corrected chi connectivity index (χ3v) is 5.07. The molecule has 0 aliphatic carbocycles. The lowest BCUT2D eigenvalue weighted by Crippen LogP contribution is -2.49. The maximum absolute atomic E-state index is 12.5. The number of hydrogen-bond donors (Lipinski definition) is 2. The van der Waals surface area contributed by atoms with Crippen LogP contribution >= 0.6 is 11.3 Å². The fourth-order valence-corrected chi connectivity index (χ4v) is 3.65. The Bertz CT molecular complexity index is 550. The number of guanidine groups is 1. The van der Waals surface area contributed by atoms with Crippen molar-refractivity contribution in [2.24, 2.45) is 4.99 Å². The van der Waals surface area contributed by atoms with E-state index >= 15 is 0 Å². The van der Waals surface area contributed by atoms with Crippen LogP contribution in [0.5, 0.6) is 0 Å². The van der Waals surface area contributed by atoms with Gasteiger partial charge in [0, 0.05) is 44.5 Å². The molecule has 0 amide bonds. The summed E-state index contributed by atoms with van der Waals surface area (Å²) in [6.07, 6.45) is -0.610. The number of hydrogen-bond acceptors (Lipinski definition) is 4. The maximum Gasteiger partial charge on any atom is 0.434 e. The Morgan fingerprint density at radius 1 is 1.40 bits per heavy atom. The first-order valence-corrected chi connectivity index (χ1v) is 9.51. The maximum atomic E-state index is 12.5. The van der Waals surface area contributed by atoms with Gasteiger partial charge in [0.1, 0.15) is 0 Å². The largest absolute Gasteiger partial charge is 0.434 e. The number of likely N-dealkylation sites (tertiary alicyclic amines) is 1. The van der Waals surface area contributed by atoms with Crippen molar-refractivity contribution in [2.75, 3.05) is 33.2 Å². The summed E-state index contributed by atoms with van der Waals surface area (Å²) in [5.74, 6) is 0.696. The summed E-state index contributed by atoms with van der Waals surface area (Å²) in [5, 5.41) is 8.10. The number of thiazole rings is 1. The Balaban J connectivity index is 1.71. The van der Waals surface area contributed by atoms with Crippen molar-refractivity contribution in [3.63, 3.8) is 0 Å². The summed E-state index contributed by atoms with van der Waals surface area (Å²) < 4.78 is 37.6. The third-order valence-electron chi connectivity index (χ3n) is 4.17. The number of rotatable bonds is 6. The lowest BCUT2D eigenvalue weighted by molar-refractivity contribution is -0.140. The van der Waals surface area contributed by atoms with E-state index in [2.05, 4.69) is 32.4 Å². The minimum atomic E-state index is -4.37. The molecule has 1 aromatic heterocycles. The van der Waals surface area contributed by atoms with Crippen LogP contribution in [-0.4, -0.2) is 55.1 Å². The first kappa shape index (κ1) is 20.0. The molecule has 5 nitrogen and oxygen atoms in total. The van der Waals surface area contributed by atoms with Gasteiger partial charge in [-0.1, -0.05) is 6.92 Å². The van der Waals surface area contributed by atoms with E-state index in [4.69, 9.17) is 0 Å². The Hall–Kier alpha value is -1.35. The Morgan fingerprint density at radius 3 is 2.68 bits per heavy atom. The van der Waals surface area contributed by atoms with E-state index in [-0.39, 0.29) is 0 Å². The van der Waals surface area contributed by atoms with Crippen molar-refractivity contribution >= 4 is 17.3 Å². The van der Waals surface area contributed by atoms with Crippen LogP contribution in [0.3, 0.4) is 0 Å². The summed E-state index contributed by atoms with van der Waals surface area (Å²) >= 11 is 1.04. The van der Waals surface area contributed by atoms with Gasteiger partial charge in [0.15, 0.2) is 11.7 Å². The molecule has 142 valence electrons. The normalized spacial score (nSPS) is 17.7. The van der Waals surface area contributed by atoms with Crippen LogP contribution in [0, 0.1) is 0 Å². The Kier molecular flexibility index (Phi) is 7.49. The number of alkyl halides is 3. The molecule has 2 rings (SSSR count). The summed E-state index contributed by atoms with van der Waals surface area (Å²) in [7, 11) is 1.70. The quantitative estimate of drug-likeness (QED) is 0.591. The molecule has 0 aromatic carbocycles. The van der Waals surface area contributed by atoms with Crippen LogP contribution in [0.4, 0.5) is 13.2 Å². The molecule has 2 N–H and O–H groups in total. The third kappa shape index (κ3) is 6.47. The number of nitrogens with zero attached hydrogens (tertiary/aromatic N) is 3. The van der Waals surface area contributed by atoms with Gasteiger partial charge in [0.2, 0.25) is 0 Å². The highest BCUT2D eigenvalue weighted by molar-refractivity contribution is 7.09. The number of nitrogens with one attached hydrogen (secondary N) is 2. The first-order valence-electron chi connectivity index (χ1n) is 8.63. The number of piperidine rings is 1. The number of aliphatic imine (C=N–C) groups is 1. The fraction of sp³-hybridized carbons (Fsp3) is 0.750. The van der Waals surface area contributed by atoms with Gasteiger partial charge in [-0.25, -0.2) is 4.98 Å². The van der Waals surface area contributed by atoms with Crippen molar-refractivity contribution in [1.29, 1.82) is 0 Å². The van der Waals surface area contributed by atoms with Gasteiger partial charge < -0.3 is 15.5 Å². The second kappa shape index (κ2) is 9.38. The van der Waals surface area contributed by atoms with E-state index < -0.39 is 11.9 Å². The van der Waals surface area contributed by atoms with E-state index in [1.165, 1.54) is 6.42 Å². The molecule has 1 aromatic rings. The second-order valence-electron chi connectivity index (χ2n) is 6.13. The van der Waals surface area contributed by atoms with Gasteiger partial charge in [0.05, 0.1) is 5.01 Å². The monoisotopic (exact) mass is 377 g/mol. The molecule has 0 radical (unpaired) electrons. The van der Waals surface area contributed by atoms with Crippen LogP contribution in [0.25, 0.3) is 0 Å². The van der Waals surface area contributed by atoms with Gasteiger partial charge in [-0.15, -0.1) is 11.3 Å². The molecule has 1 fully saturated rings. The SMILES string of the molecule is CCCN1CCC(NC(=NC)NCCc2nc(C(F)(F)F)cs2)CC1. The summed E-state index contributed by atoms with van der Waals surface area (Å²) in [6.45, 7) is 6.01. The second-order valence-corrected chi connectivity index (χ2v) is 7.08. The molecule has 0 spiro atoms. The number of aromatic nitrogens is 1. The smallest absolute Gasteiger partial charge is 0.356 e. The van der Waals surface area contributed by atoms with E-state index in [1.54, 1.807) is 7.05 Å². The average molecular weight is 377 g/mol. The lowest BCUT2D eigenvalue weighted by Gasteiger charge is -2.32. The standard InChI is InChI=1S/C16H26F3N5S/c1-3-8-24-9-5-12(6-10-24)22-15(20-2)21-7-4-14-23-13(11-25-14)16(17,18)19/h11-12H,3-10H2,1-2H3,(H2,20,21,22). The lowest BCUT2D eigenvalue weighted by atomic mass is 10.1. The molecular formula is C16H26F3N5S. The van der Waals surface area contributed by atoms with Gasteiger partial charge in [-0.2, -0.15) is 13.2 Å². The van der Waals surface area contributed by atoms with Crippen molar-refractivity contribution in [2.45, 2.75) is 44.8 Å². The number of halogens is 3. The molecule has 1 aliphatic heterocycles. The molecule has 0 unspecified atom stereocenters. The van der Waals surface area contributed by atoms with Gasteiger partial charge >= 0.3 is 6.18 Å². The molecule has 0 atom stereocenters. The van der Waals surface area contributed by atoms with Crippen LogP contribution in [0.15, 0.2) is 10.4 Å².